The third-order valence-electron chi connectivity index (χ3n) is 2.98. The number of hydrogen-bond donors (Lipinski definition) is 1. The Balaban J connectivity index is 1.98. The van der Waals surface area contributed by atoms with E-state index in [2.05, 4.69) is 10.3 Å². The summed E-state index contributed by atoms with van der Waals surface area (Å²) in [5.41, 5.74) is 1.80. The van der Waals surface area contributed by atoms with Crippen LogP contribution in [0.5, 0.6) is 0 Å². The van der Waals surface area contributed by atoms with E-state index >= 15 is 0 Å². The minimum atomic E-state index is -0.154. The zero-order chi connectivity index (χ0) is 14.8. The van der Waals surface area contributed by atoms with E-state index in [1.54, 1.807) is 12.5 Å². The van der Waals surface area contributed by atoms with Crippen LogP contribution in [0.1, 0.15) is 22.2 Å². The second-order valence-electron chi connectivity index (χ2n) is 4.59. The summed E-state index contributed by atoms with van der Waals surface area (Å²) in [7, 11) is 0. The van der Waals surface area contributed by atoms with Gasteiger partial charge in [-0.15, -0.1) is 11.3 Å². The summed E-state index contributed by atoms with van der Waals surface area (Å²) in [5.74, 6) is 0.797. The number of furan rings is 1. The van der Waals surface area contributed by atoms with Crippen molar-refractivity contribution in [2.45, 2.75) is 13.0 Å². The van der Waals surface area contributed by atoms with Crippen molar-refractivity contribution in [1.82, 2.24) is 4.98 Å². The van der Waals surface area contributed by atoms with Gasteiger partial charge in [0.25, 0.3) is 0 Å². The predicted molar refractivity (Wildman–Crippen MR) is 87.5 cm³/mol. The number of aryl methyl sites for hydroxylation is 1. The molecule has 0 bridgehead atoms. The first-order chi connectivity index (χ1) is 10.1. The van der Waals surface area contributed by atoms with Crippen molar-refractivity contribution in [1.29, 1.82) is 0 Å². The molecule has 0 aromatic carbocycles. The van der Waals surface area contributed by atoms with Gasteiger partial charge >= 0.3 is 0 Å². The first kappa shape index (κ1) is 14.4. The summed E-state index contributed by atoms with van der Waals surface area (Å²) in [6.45, 7) is 1.97. The molecule has 0 aliphatic heterocycles. The fraction of sp³-hybridized carbons (Fsp3) is 0.133. The first-order valence-corrected chi connectivity index (χ1v) is 7.88. The molecular weight excluding hydrogens is 327 g/mol. The average Bonchev–Trinajstić information content (AvgIpc) is 3.11. The highest BCUT2D eigenvalue weighted by Crippen LogP contribution is 2.35. The Morgan fingerprint density at radius 2 is 2.14 bits per heavy atom. The molecule has 3 rings (SSSR count). The molecule has 0 saturated heterocycles. The Bertz CT molecular complexity index is 740. The van der Waals surface area contributed by atoms with Crippen molar-refractivity contribution in [3.63, 3.8) is 0 Å². The lowest BCUT2D eigenvalue weighted by Crippen LogP contribution is -2.11. The first-order valence-electron chi connectivity index (χ1n) is 6.31. The number of halogens is 2. The maximum Gasteiger partial charge on any atom is 0.152 e. The van der Waals surface area contributed by atoms with Crippen molar-refractivity contribution in [3.05, 3.63) is 68.5 Å². The second kappa shape index (κ2) is 6.10. The van der Waals surface area contributed by atoms with Crippen LogP contribution < -0.4 is 5.32 Å². The molecule has 3 aromatic rings. The molecule has 3 heterocycles. The lowest BCUT2D eigenvalue weighted by molar-refractivity contribution is 0.500. The van der Waals surface area contributed by atoms with Gasteiger partial charge in [-0.1, -0.05) is 23.2 Å². The number of rotatable bonds is 4. The molecule has 3 aromatic heterocycles. The summed E-state index contributed by atoms with van der Waals surface area (Å²) in [6, 6.07) is 9.43. The number of nitrogens with one attached hydrogen (secondary N) is 1. The Kier molecular flexibility index (Phi) is 4.19. The van der Waals surface area contributed by atoms with Gasteiger partial charge < -0.3 is 9.73 Å². The van der Waals surface area contributed by atoms with Gasteiger partial charge in [-0.05, 0) is 42.8 Å². The van der Waals surface area contributed by atoms with E-state index in [-0.39, 0.29) is 6.04 Å². The topological polar surface area (TPSA) is 38.1 Å². The quantitative estimate of drug-likeness (QED) is 0.633. The Morgan fingerprint density at radius 1 is 1.29 bits per heavy atom. The van der Waals surface area contributed by atoms with Crippen molar-refractivity contribution >= 4 is 40.2 Å². The number of hydrogen-bond acceptors (Lipinski definition) is 4. The molecule has 0 radical (unpaired) electrons. The molecule has 0 spiro atoms. The van der Waals surface area contributed by atoms with Crippen LogP contribution in [0.3, 0.4) is 0 Å². The second-order valence-corrected chi connectivity index (χ2v) is 6.69. The van der Waals surface area contributed by atoms with Crippen molar-refractivity contribution in [2.75, 3.05) is 5.32 Å². The highest BCUT2D eigenvalue weighted by Gasteiger charge is 2.20. The van der Waals surface area contributed by atoms with E-state index in [1.165, 1.54) is 11.3 Å². The molecule has 0 saturated carbocycles. The van der Waals surface area contributed by atoms with Crippen LogP contribution in [0.15, 0.2) is 47.2 Å². The van der Waals surface area contributed by atoms with Gasteiger partial charge in [0.15, 0.2) is 5.15 Å². The number of thiophene rings is 1. The van der Waals surface area contributed by atoms with Crippen LogP contribution in [0.4, 0.5) is 5.69 Å². The summed E-state index contributed by atoms with van der Waals surface area (Å²) in [4.78, 5) is 5.21. The Morgan fingerprint density at radius 3 is 2.81 bits per heavy atom. The van der Waals surface area contributed by atoms with E-state index in [4.69, 9.17) is 27.6 Å². The van der Waals surface area contributed by atoms with Crippen LogP contribution in [0.2, 0.25) is 9.49 Å². The highest BCUT2D eigenvalue weighted by atomic mass is 35.5. The smallest absolute Gasteiger partial charge is 0.152 e. The zero-order valence-electron chi connectivity index (χ0n) is 11.1. The molecule has 108 valence electrons. The van der Waals surface area contributed by atoms with Crippen molar-refractivity contribution < 1.29 is 4.42 Å². The van der Waals surface area contributed by atoms with E-state index in [9.17, 15) is 0 Å². The third kappa shape index (κ3) is 3.23. The molecular formula is C15H12Cl2N2OS. The predicted octanol–water partition coefficient (Wildman–Crippen LogP) is 5.55. The summed E-state index contributed by atoms with van der Waals surface area (Å²) < 4.78 is 6.27. The van der Waals surface area contributed by atoms with Crippen molar-refractivity contribution in [3.8, 4) is 0 Å². The van der Waals surface area contributed by atoms with Gasteiger partial charge in [-0.2, -0.15) is 0 Å². The lowest BCUT2D eigenvalue weighted by Gasteiger charge is -2.17. The molecule has 6 heteroatoms. The van der Waals surface area contributed by atoms with E-state index < -0.39 is 0 Å². The molecule has 0 aliphatic rings. The molecule has 3 nitrogen and oxygen atoms in total. The largest absolute Gasteiger partial charge is 0.467 e. The Labute approximate surface area is 136 Å². The maximum absolute atomic E-state index is 6.17. The molecule has 1 unspecified atom stereocenters. The molecule has 1 N–H and O–H groups in total. The number of pyridine rings is 1. The monoisotopic (exact) mass is 338 g/mol. The minimum Gasteiger partial charge on any atom is -0.467 e. The van der Waals surface area contributed by atoms with Crippen LogP contribution in [-0.2, 0) is 0 Å². The SMILES string of the molecule is Cc1cnc(Cl)c(NC(c2ccco2)c2ccc(Cl)s2)c1. The number of anilines is 1. The fourth-order valence-electron chi connectivity index (χ4n) is 2.03. The average molecular weight is 339 g/mol. The fourth-order valence-corrected chi connectivity index (χ4v) is 3.31. The molecule has 0 aliphatic carbocycles. The van der Waals surface area contributed by atoms with E-state index in [0.29, 0.717) is 5.15 Å². The minimum absolute atomic E-state index is 0.154. The van der Waals surface area contributed by atoms with Gasteiger partial charge in [-0.3, -0.25) is 0 Å². The maximum atomic E-state index is 6.17. The summed E-state index contributed by atoms with van der Waals surface area (Å²) >= 11 is 13.7. The van der Waals surface area contributed by atoms with Gasteiger partial charge in [0.1, 0.15) is 11.8 Å². The van der Waals surface area contributed by atoms with Gasteiger partial charge in [0.2, 0.25) is 0 Å². The van der Waals surface area contributed by atoms with Crippen LogP contribution >= 0.6 is 34.5 Å². The molecule has 0 fully saturated rings. The summed E-state index contributed by atoms with van der Waals surface area (Å²) in [6.07, 6.45) is 3.38. The third-order valence-corrected chi connectivity index (χ3v) is 4.58. The normalized spacial score (nSPS) is 12.3. The van der Waals surface area contributed by atoms with Crippen LogP contribution in [0.25, 0.3) is 0 Å². The summed E-state index contributed by atoms with van der Waals surface area (Å²) in [5, 5.41) is 3.81. The lowest BCUT2D eigenvalue weighted by atomic mass is 10.1. The van der Waals surface area contributed by atoms with Gasteiger partial charge in [0, 0.05) is 11.1 Å². The van der Waals surface area contributed by atoms with Crippen LogP contribution in [0, 0.1) is 6.92 Å². The van der Waals surface area contributed by atoms with Gasteiger partial charge in [0.05, 0.1) is 16.3 Å². The molecule has 1 atom stereocenters. The highest BCUT2D eigenvalue weighted by molar-refractivity contribution is 7.16. The number of nitrogens with zero attached hydrogens (tertiary/aromatic N) is 1. The number of aromatic nitrogens is 1. The standard InChI is InChI=1S/C15H12Cl2N2OS/c1-9-7-10(15(17)18-8-9)19-14(11-3-2-6-20-11)12-4-5-13(16)21-12/h2-8,14,19H,1H3. The van der Waals surface area contributed by atoms with Crippen LogP contribution in [-0.4, -0.2) is 4.98 Å². The van der Waals surface area contributed by atoms with Crippen molar-refractivity contribution in [2.24, 2.45) is 0 Å². The van der Waals surface area contributed by atoms with E-state index in [0.717, 1.165) is 26.2 Å². The Hall–Kier alpha value is -1.49. The van der Waals surface area contributed by atoms with Gasteiger partial charge in [-0.25, -0.2) is 4.98 Å². The molecule has 0 amide bonds. The van der Waals surface area contributed by atoms with E-state index in [1.807, 2.05) is 37.3 Å². The zero-order valence-corrected chi connectivity index (χ0v) is 13.5. The molecule has 21 heavy (non-hydrogen) atoms.